The smallest absolute Gasteiger partial charge is 0.310 e. The summed E-state index contributed by atoms with van der Waals surface area (Å²) < 4.78 is 26.3. The molecule has 0 amide bonds. The van der Waals surface area contributed by atoms with Crippen LogP contribution < -0.4 is 23.8 Å². The van der Waals surface area contributed by atoms with Crippen LogP contribution in [0.1, 0.15) is 19.9 Å². The number of ether oxygens (including phenoxy) is 4. The Kier molecular flexibility index (Phi) is 4.67. The van der Waals surface area contributed by atoms with Gasteiger partial charge < -0.3 is 18.9 Å². The Balaban J connectivity index is 1.98. The van der Waals surface area contributed by atoms with Gasteiger partial charge in [0.15, 0.2) is 22.8 Å². The van der Waals surface area contributed by atoms with Gasteiger partial charge in [-0.3, -0.25) is 9.36 Å². The van der Waals surface area contributed by atoms with Gasteiger partial charge in [-0.2, -0.15) is 10.4 Å². The average Bonchev–Trinajstić information content (AvgIpc) is 3.48. The predicted octanol–water partition coefficient (Wildman–Crippen LogP) is 3.33. The summed E-state index contributed by atoms with van der Waals surface area (Å²) in [6, 6.07) is 3.89. The molecule has 0 saturated heterocycles. The zero-order valence-corrected chi connectivity index (χ0v) is 18.6. The van der Waals surface area contributed by atoms with Gasteiger partial charge in [0, 0.05) is 22.6 Å². The molecule has 32 heavy (non-hydrogen) atoms. The molecular formula is C21H19N5O5S. The second-order valence-corrected chi connectivity index (χ2v) is 8.36. The molecule has 0 fully saturated rings. The third-order valence-electron chi connectivity index (χ3n) is 5.32. The van der Waals surface area contributed by atoms with Crippen molar-refractivity contribution in [3.05, 3.63) is 21.9 Å². The lowest BCUT2D eigenvalue weighted by Gasteiger charge is -2.16. The van der Waals surface area contributed by atoms with Crippen LogP contribution in [0.5, 0.6) is 23.0 Å². The van der Waals surface area contributed by atoms with Gasteiger partial charge in [-0.15, -0.1) is 0 Å². The first-order valence-corrected chi connectivity index (χ1v) is 10.6. The van der Waals surface area contributed by atoms with Crippen molar-refractivity contribution in [1.82, 2.24) is 19.3 Å². The molecule has 11 heteroatoms. The Morgan fingerprint density at radius 3 is 2.72 bits per heavy atom. The number of methoxy groups -OCH3 is 2. The first-order chi connectivity index (χ1) is 15.5. The van der Waals surface area contributed by atoms with Crippen molar-refractivity contribution >= 4 is 32.7 Å². The third kappa shape index (κ3) is 2.73. The fraction of sp³-hybridized carbons (Fsp3) is 0.333. The largest absolute Gasteiger partial charge is 0.492 e. The van der Waals surface area contributed by atoms with E-state index in [0.29, 0.717) is 50.1 Å². The second-order valence-electron chi connectivity index (χ2n) is 7.40. The van der Waals surface area contributed by atoms with Crippen LogP contribution in [0.2, 0.25) is 0 Å². The summed E-state index contributed by atoms with van der Waals surface area (Å²) in [6.07, 6.45) is 1.73. The zero-order chi connectivity index (χ0) is 22.6. The van der Waals surface area contributed by atoms with Crippen molar-refractivity contribution in [3.8, 4) is 40.2 Å². The maximum absolute atomic E-state index is 12.8. The highest BCUT2D eigenvalue weighted by Crippen LogP contribution is 2.54. The van der Waals surface area contributed by atoms with E-state index in [0.717, 1.165) is 16.7 Å². The summed E-state index contributed by atoms with van der Waals surface area (Å²) >= 11 is 1.03. The quantitative estimate of drug-likeness (QED) is 0.452. The van der Waals surface area contributed by atoms with Crippen LogP contribution in [-0.2, 0) is 6.54 Å². The lowest BCUT2D eigenvalue weighted by atomic mass is 10.0. The normalized spacial score (nSPS) is 12.6. The van der Waals surface area contributed by atoms with E-state index in [-0.39, 0.29) is 24.3 Å². The number of rotatable bonds is 5. The minimum absolute atomic E-state index is 0.0354. The van der Waals surface area contributed by atoms with Crippen LogP contribution >= 0.6 is 11.3 Å². The van der Waals surface area contributed by atoms with E-state index in [1.807, 2.05) is 26.0 Å². The van der Waals surface area contributed by atoms with E-state index in [4.69, 9.17) is 23.9 Å². The van der Waals surface area contributed by atoms with Gasteiger partial charge in [-0.1, -0.05) is 11.3 Å². The van der Waals surface area contributed by atoms with Crippen molar-refractivity contribution in [2.75, 3.05) is 21.0 Å². The molecule has 0 spiro atoms. The minimum Gasteiger partial charge on any atom is -0.492 e. The van der Waals surface area contributed by atoms with Crippen LogP contribution in [0.3, 0.4) is 0 Å². The molecule has 3 aromatic heterocycles. The Morgan fingerprint density at radius 2 is 2.03 bits per heavy atom. The van der Waals surface area contributed by atoms with Gasteiger partial charge in [-0.05, 0) is 19.9 Å². The molecule has 4 heterocycles. The molecule has 4 aromatic rings. The molecule has 1 aliphatic heterocycles. The van der Waals surface area contributed by atoms with E-state index < -0.39 is 0 Å². The number of nitriles is 1. The van der Waals surface area contributed by atoms with E-state index >= 15 is 0 Å². The summed E-state index contributed by atoms with van der Waals surface area (Å²) in [7, 11) is 3.07. The van der Waals surface area contributed by atoms with Crippen molar-refractivity contribution in [1.29, 1.82) is 5.26 Å². The monoisotopic (exact) mass is 453 g/mol. The molecule has 1 aliphatic rings. The topological polar surface area (TPSA) is 113 Å². The average molecular weight is 453 g/mol. The van der Waals surface area contributed by atoms with Crippen LogP contribution in [0.15, 0.2) is 17.1 Å². The number of fused-ring (bicyclic) bond motifs is 3. The summed E-state index contributed by atoms with van der Waals surface area (Å²) in [5.74, 6) is 1.81. The molecule has 1 aromatic carbocycles. The number of benzene rings is 1. The van der Waals surface area contributed by atoms with Crippen molar-refractivity contribution in [2.45, 2.75) is 26.4 Å². The summed E-state index contributed by atoms with van der Waals surface area (Å²) in [4.78, 5) is 17.2. The minimum atomic E-state index is -0.265. The second kappa shape index (κ2) is 7.42. The van der Waals surface area contributed by atoms with Gasteiger partial charge in [-0.25, -0.2) is 9.67 Å². The molecule has 0 atom stereocenters. The van der Waals surface area contributed by atoms with Crippen molar-refractivity contribution < 1.29 is 18.9 Å². The highest BCUT2D eigenvalue weighted by Gasteiger charge is 2.30. The van der Waals surface area contributed by atoms with Crippen LogP contribution in [0.25, 0.3) is 32.5 Å². The molecule has 0 saturated carbocycles. The maximum atomic E-state index is 12.8. The maximum Gasteiger partial charge on any atom is 0.310 e. The molecular weight excluding hydrogens is 434 g/mol. The molecule has 0 bridgehead atoms. The number of hydrogen-bond donors (Lipinski definition) is 0. The van der Waals surface area contributed by atoms with Gasteiger partial charge in [0.2, 0.25) is 18.3 Å². The van der Waals surface area contributed by atoms with Gasteiger partial charge >= 0.3 is 4.87 Å². The zero-order valence-electron chi connectivity index (χ0n) is 17.8. The fourth-order valence-electron chi connectivity index (χ4n) is 3.96. The molecule has 0 unspecified atom stereocenters. The summed E-state index contributed by atoms with van der Waals surface area (Å²) in [5.41, 5.74) is 2.39. The molecule has 10 nitrogen and oxygen atoms in total. The number of hydrogen-bond acceptors (Lipinski definition) is 9. The highest BCUT2D eigenvalue weighted by atomic mass is 32.1. The van der Waals surface area contributed by atoms with E-state index in [2.05, 4.69) is 5.10 Å². The van der Waals surface area contributed by atoms with E-state index in [1.165, 1.54) is 11.7 Å². The molecule has 5 rings (SSSR count). The summed E-state index contributed by atoms with van der Waals surface area (Å²) in [5, 5.41) is 14.5. The lowest BCUT2D eigenvalue weighted by molar-refractivity contribution is 0.170. The molecule has 0 N–H and O–H groups in total. The number of thiazole rings is 1. The first kappa shape index (κ1) is 20.1. The standard InChI is InChI=1S/C21H19N5O5S/c1-10(2)26-19-12(8-23-26)14(18-20(24-19)25(6-5-22)21(27)32-18)11-7-13-16(31-9-30-13)17(29-4)15(11)28-3/h7-8,10H,6,9H2,1-4H3. The Labute approximate surface area is 186 Å². The first-order valence-electron chi connectivity index (χ1n) is 9.82. The third-order valence-corrected chi connectivity index (χ3v) is 6.30. The Morgan fingerprint density at radius 1 is 1.25 bits per heavy atom. The van der Waals surface area contributed by atoms with Crippen LogP contribution in [0.4, 0.5) is 0 Å². The fourth-order valence-corrected chi connectivity index (χ4v) is 4.97. The van der Waals surface area contributed by atoms with E-state index in [9.17, 15) is 10.1 Å². The van der Waals surface area contributed by atoms with E-state index in [1.54, 1.807) is 18.0 Å². The Hall–Kier alpha value is -3.78. The number of pyridine rings is 1. The summed E-state index contributed by atoms with van der Waals surface area (Å²) in [6.45, 7) is 3.96. The molecule has 0 radical (unpaired) electrons. The van der Waals surface area contributed by atoms with Gasteiger partial charge in [0.1, 0.15) is 6.54 Å². The molecule has 0 aliphatic carbocycles. The lowest BCUT2D eigenvalue weighted by Crippen LogP contribution is -2.12. The van der Waals surface area contributed by atoms with Crippen LogP contribution in [-0.4, -0.2) is 40.3 Å². The predicted molar refractivity (Wildman–Crippen MR) is 118 cm³/mol. The number of nitrogens with zero attached hydrogens (tertiary/aromatic N) is 5. The molecule has 164 valence electrons. The van der Waals surface area contributed by atoms with Gasteiger partial charge in [0.25, 0.3) is 0 Å². The van der Waals surface area contributed by atoms with Crippen molar-refractivity contribution in [3.63, 3.8) is 0 Å². The number of aromatic nitrogens is 4. The van der Waals surface area contributed by atoms with Gasteiger partial charge in [0.05, 0.1) is 31.2 Å². The highest BCUT2D eigenvalue weighted by molar-refractivity contribution is 7.17. The Bertz CT molecular complexity index is 1480. The van der Waals surface area contributed by atoms with Crippen molar-refractivity contribution in [2.24, 2.45) is 0 Å². The SMILES string of the molecule is COc1c(-c2c3cnn(C(C)C)c3nc3c2sc(=O)n3CC#N)cc2c(c1OC)OCO2. The van der Waals surface area contributed by atoms with Crippen LogP contribution in [0, 0.1) is 11.3 Å².